The second-order valence-corrected chi connectivity index (χ2v) is 9.64. The first-order chi connectivity index (χ1) is 19.2. The molecule has 1 aliphatic heterocycles. The van der Waals surface area contributed by atoms with Crippen LogP contribution in [0, 0.1) is 5.82 Å². The summed E-state index contributed by atoms with van der Waals surface area (Å²) in [5.41, 5.74) is 6.03. The lowest BCUT2D eigenvalue weighted by Gasteiger charge is -2.15. The topological polar surface area (TPSA) is 108 Å². The van der Waals surface area contributed by atoms with Gasteiger partial charge in [-0.3, -0.25) is 25.0 Å². The van der Waals surface area contributed by atoms with Crippen LogP contribution in [0.5, 0.6) is 5.75 Å². The van der Waals surface area contributed by atoms with Crippen molar-refractivity contribution < 1.29 is 9.13 Å². The highest BCUT2D eigenvalue weighted by Crippen LogP contribution is 2.32. The molecule has 5 aromatic heterocycles. The number of aromatic amines is 2. The van der Waals surface area contributed by atoms with Gasteiger partial charge in [-0.1, -0.05) is 0 Å². The van der Waals surface area contributed by atoms with Crippen LogP contribution < -0.4 is 4.74 Å². The van der Waals surface area contributed by atoms with E-state index in [4.69, 9.17) is 9.72 Å². The Hall–Kier alpha value is -4.70. The van der Waals surface area contributed by atoms with Gasteiger partial charge in [-0.05, 0) is 68.4 Å². The fourth-order valence-electron chi connectivity index (χ4n) is 5.06. The predicted molar refractivity (Wildman–Crippen MR) is 147 cm³/mol. The fourth-order valence-corrected chi connectivity index (χ4v) is 5.06. The van der Waals surface area contributed by atoms with Crippen molar-refractivity contribution in [2.24, 2.45) is 0 Å². The van der Waals surface area contributed by atoms with E-state index < -0.39 is 0 Å². The smallest absolute Gasteiger partial charge is 0.159 e. The zero-order valence-corrected chi connectivity index (χ0v) is 21.1. The van der Waals surface area contributed by atoms with E-state index in [1.165, 1.54) is 25.0 Å². The number of nitrogens with zero attached hydrogens (tertiary/aromatic N) is 6. The van der Waals surface area contributed by atoms with Gasteiger partial charge in [0.25, 0.3) is 0 Å². The fraction of sp³-hybridized carbons (Fsp3) is 0.207. The van der Waals surface area contributed by atoms with E-state index in [1.54, 1.807) is 36.9 Å². The zero-order valence-electron chi connectivity index (χ0n) is 21.1. The molecule has 0 atom stereocenters. The minimum Gasteiger partial charge on any atom is -0.491 e. The number of hydrogen-bond donors (Lipinski definition) is 2. The number of nitrogens with one attached hydrogen (secondary N) is 2. The molecular formula is C29H25FN8O. The molecule has 0 bridgehead atoms. The van der Waals surface area contributed by atoms with E-state index in [2.05, 4.69) is 35.0 Å². The van der Waals surface area contributed by atoms with Crippen LogP contribution in [-0.2, 0) is 0 Å². The third-order valence-corrected chi connectivity index (χ3v) is 7.07. The Morgan fingerprint density at radius 1 is 0.897 bits per heavy atom. The van der Waals surface area contributed by atoms with Crippen LogP contribution in [0.25, 0.3) is 56.0 Å². The van der Waals surface area contributed by atoms with Gasteiger partial charge in [-0.2, -0.15) is 5.10 Å². The molecule has 1 aliphatic rings. The zero-order chi connectivity index (χ0) is 26.2. The number of imidazole rings is 1. The van der Waals surface area contributed by atoms with Crippen LogP contribution in [0.3, 0.4) is 0 Å². The Morgan fingerprint density at radius 3 is 2.64 bits per heavy atom. The molecule has 0 radical (unpaired) electrons. The Labute approximate surface area is 223 Å². The van der Waals surface area contributed by atoms with Crippen LogP contribution in [-0.4, -0.2) is 66.3 Å². The SMILES string of the molecule is Fc1ccc(-c2nccc3[nH]c(-c4n[nH]c5cnc(-c6cncc(OCCN7CCCC7)c6)cc45)nc23)cc1. The second-order valence-electron chi connectivity index (χ2n) is 9.64. The van der Waals surface area contributed by atoms with Crippen LogP contribution in [0.15, 0.2) is 67.3 Å². The first kappa shape index (κ1) is 23.4. The number of fused-ring (bicyclic) bond motifs is 2. The van der Waals surface area contributed by atoms with Gasteiger partial charge in [-0.15, -0.1) is 0 Å². The molecule has 0 aliphatic carbocycles. The van der Waals surface area contributed by atoms with E-state index in [9.17, 15) is 4.39 Å². The van der Waals surface area contributed by atoms with Crippen molar-refractivity contribution in [3.63, 3.8) is 0 Å². The molecule has 0 spiro atoms. The number of halogens is 1. The predicted octanol–water partition coefficient (Wildman–Crippen LogP) is 5.24. The molecule has 9 nitrogen and oxygen atoms in total. The Balaban J connectivity index is 1.20. The molecule has 0 amide bonds. The van der Waals surface area contributed by atoms with E-state index in [0.717, 1.165) is 58.6 Å². The summed E-state index contributed by atoms with van der Waals surface area (Å²) >= 11 is 0. The van der Waals surface area contributed by atoms with Gasteiger partial charge in [0.05, 0.1) is 34.8 Å². The molecule has 0 saturated carbocycles. The maximum atomic E-state index is 13.5. The number of likely N-dealkylation sites (tertiary alicyclic amines) is 1. The molecule has 6 aromatic rings. The molecule has 10 heteroatoms. The molecule has 1 aromatic carbocycles. The van der Waals surface area contributed by atoms with Crippen LogP contribution in [0.4, 0.5) is 4.39 Å². The van der Waals surface area contributed by atoms with Gasteiger partial charge >= 0.3 is 0 Å². The molecule has 7 rings (SSSR count). The summed E-state index contributed by atoms with van der Waals surface area (Å²) in [6, 6.07) is 12.0. The van der Waals surface area contributed by atoms with E-state index >= 15 is 0 Å². The third kappa shape index (κ3) is 4.59. The van der Waals surface area contributed by atoms with Crippen LogP contribution >= 0.6 is 0 Å². The molecule has 1 fully saturated rings. The number of H-pyrrole nitrogens is 2. The Bertz CT molecular complexity index is 1770. The van der Waals surface area contributed by atoms with Gasteiger partial charge in [0.15, 0.2) is 5.82 Å². The summed E-state index contributed by atoms with van der Waals surface area (Å²) in [6.45, 7) is 3.84. The maximum absolute atomic E-state index is 13.5. The number of rotatable bonds is 7. The molecule has 6 heterocycles. The standard InChI is InChI=1S/C29H25FN8O/c30-20-5-3-18(4-6-20)26-28-23(7-8-32-26)34-29(35-28)27-22-14-24(33-17-25(22)36-37-27)19-13-21(16-31-15-19)39-12-11-38-9-1-2-10-38/h3-8,13-17H,1-2,9-12H2,(H,34,35)(H,36,37). The summed E-state index contributed by atoms with van der Waals surface area (Å²) in [5, 5.41) is 8.46. The lowest BCUT2D eigenvalue weighted by Crippen LogP contribution is -2.25. The average molecular weight is 521 g/mol. The summed E-state index contributed by atoms with van der Waals surface area (Å²) in [4.78, 5) is 24.1. The normalized spacial score (nSPS) is 14.0. The Morgan fingerprint density at radius 2 is 1.77 bits per heavy atom. The monoisotopic (exact) mass is 520 g/mol. The number of hydrogen-bond acceptors (Lipinski definition) is 7. The van der Waals surface area contributed by atoms with Gasteiger partial charge in [-0.25, -0.2) is 9.37 Å². The first-order valence-corrected chi connectivity index (χ1v) is 13.0. The molecular weight excluding hydrogens is 495 g/mol. The van der Waals surface area contributed by atoms with Crippen molar-refractivity contribution in [2.75, 3.05) is 26.2 Å². The highest BCUT2D eigenvalue weighted by molar-refractivity contribution is 5.96. The minimum atomic E-state index is -0.296. The number of benzene rings is 1. The van der Waals surface area contributed by atoms with Crippen molar-refractivity contribution in [1.29, 1.82) is 0 Å². The summed E-state index contributed by atoms with van der Waals surface area (Å²) < 4.78 is 19.5. The van der Waals surface area contributed by atoms with Gasteiger partial charge in [0.2, 0.25) is 0 Å². The molecule has 39 heavy (non-hydrogen) atoms. The molecule has 194 valence electrons. The molecule has 1 saturated heterocycles. The minimum absolute atomic E-state index is 0.296. The quantitative estimate of drug-likeness (QED) is 0.296. The first-order valence-electron chi connectivity index (χ1n) is 13.0. The lowest BCUT2D eigenvalue weighted by atomic mass is 10.1. The van der Waals surface area contributed by atoms with Crippen LogP contribution in [0.1, 0.15) is 12.8 Å². The number of aromatic nitrogens is 7. The lowest BCUT2D eigenvalue weighted by molar-refractivity contribution is 0.237. The highest BCUT2D eigenvalue weighted by atomic mass is 19.1. The van der Waals surface area contributed by atoms with E-state index in [0.29, 0.717) is 29.3 Å². The summed E-state index contributed by atoms with van der Waals surface area (Å²) in [5.74, 6) is 1.02. The molecule has 2 N–H and O–H groups in total. The summed E-state index contributed by atoms with van der Waals surface area (Å²) in [6.07, 6.45) is 9.51. The number of ether oxygens (including phenoxy) is 1. The second kappa shape index (κ2) is 9.88. The van der Waals surface area contributed by atoms with Gasteiger partial charge in [0, 0.05) is 35.5 Å². The van der Waals surface area contributed by atoms with Crippen molar-refractivity contribution in [1.82, 2.24) is 40.0 Å². The largest absolute Gasteiger partial charge is 0.491 e. The van der Waals surface area contributed by atoms with E-state index in [-0.39, 0.29) is 5.82 Å². The number of pyridine rings is 3. The maximum Gasteiger partial charge on any atom is 0.159 e. The van der Waals surface area contributed by atoms with Crippen molar-refractivity contribution in [3.8, 4) is 39.8 Å². The van der Waals surface area contributed by atoms with Gasteiger partial charge in [0.1, 0.15) is 29.4 Å². The van der Waals surface area contributed by atoms with Crippen molar-refractivity contribution >= 4 is 21.9 Å². The van der Waals surface area contributed by atoms with Crippen molar-refractivity contribution in [2.45, 2.75) is 12.8 Å². The van der Waals surface area contributed by atoms with Crippen LogP contribution in [0.2, 0.25) is 0 Å². The summed E-state index contributed by atoms with van der Waals surface area (Å²) in [7, 11) is 0. The Kier molecular flexibility index (Phi) is 5.93. The molecule has 0 unspecified atom stereocenters. The average Bonchev–Trinajstić information content (AvgIpc) is 3.73. The van der Waals surface area contributed by atoms with E-state index in [1.807, 2.05) is 18.2 Å². The van der Waals surface area contributed by atoms with Crippen molar-refractivity contribution in [3.05, 3.63) is 73.1 Å². The highest BCUT2D eigenvalue weighted by Gasteiger charge is 2.17. The third-order valence-electron chi connectivity index (χ3n) is 7.07. The van der Waals surface area contributed by atoms with Gasteiger partial charge < -0.3 is 9.72 Å².